The van der Waals surface area contributed by atoms with Crippen molar-refractivity contribution in [1.82, 2.24) is 5.32 Å². The molecule has 176 valence electrons. The van der Waals surface area contributed by atoms with Gasteiger partial charge in [-0.15, -0.1) is 0 Å². The molecule has 1 fully saturated rings. The molecule has 1 aliphatic carbocycles. The number of unbranched alkanes of at least 4 members (excludes halogenated alkanes) is 5. The van der Waals surface area contributed by atoms with E-state index in [0.717, 1.165) is 19.4 Å². The van der Waals surface area contributed by atoms with Crippen LogP contribution in [0.15, 0.2) is 60.7 Å². The van der Waals surface area contributed by atoms with Gasteiger partial charge in [0.15, 0.2) is 0 Å². The van der Waals surface area contributed by atoms with Gasteiger partial charge in [0.2, 0.25) is 0 Å². The smallest absolute Gasteiger partial charge is 0.101 e. The molecule has 0 aliphatic heterocycles. The monoisotopic (exact) mass is 439 g/mol. The Hall–Kier alpha value is -1.72. The van der Waals surface area contributed by atoms with Gasteiger partial charge < -0.3 is 19.5 Å². The Kier molecular flexibility index (Phi) is 11.2. The molecule has 4 heteroatoms. The third-order valence-corrected chi connectivity index (χ3v) is 6.34. The second kappa shape index (κ2) is 14.4. The number of likely N-dealkylation sites (N-methyl/N-ethyl adjacent to an activating group) is 1. The molecule has 0 bridgehead atoms. The zero-order valence-electron chi connectivity index (χ0n) is 19.9. The molecule has 0 saturated heterocycles. The number of hydrogen-bond acceptors (Lipinski definition) is 4. The molecule has 0 spiro atoms. The molecule has 3 rings (SSSR count). The van der Waals surface area contributed by atoms with Gasteiger partial charge in [0.05, 0.1) is 31.5 Å². The number of ether oxygens (including phenoxy) is 3. The Balaban J connectivity index is 1.55. The highest BCUT2D eigenvalue weighted by Crippen LogP contribution is 2.30. The van der Waals surface area contributed by atoms with E-state index in [1.54, 1.807) is 0 Å². The van der Waals surface area contributed by atoms with Crippen LogP contribution in [0.25, 0.3) is 0 Å². The first-order chi connectivity index (χ1) is 15.8. The van der Waals surface area contributed by atoms with Gasteiger partial charge in [0.1, 0.15) is 6.10 Å². The molecule has 4 atom stereocenters. The van der Waals surface area contributed by atoms with Crippen molar-refractivity contribution in [2.75, 3.05) is 13.7 Å². The molecule has 1 aliphatic rings. The van der Waals surface area contributed by atoms with Gasteiger partial charge in [-0.3, -0.25) is 0 Å². The predicted octanol–water partition coefficient (Wildman–Crippen LogP) is 5.89. The Morgan fingerprint density at radius 1 is 0.719 bits per heavy atom. The molecular formula is C28H41NO3. The van der Waals surface area contributed by atoms with Gasteiger partial charge in [-0.25, -0.2) is 0 Å². The second-order valence-electron chi connectivity index (χ2n) is 8.82. The van der Waals surface area contributed by atoms with Crippen LogP contribution in [0.4, 0.5) is 0 Å². The van der Waals surface area contributed by atoms with Crippen LogP contribution >= 0.6 is 0 Å². The maximum absolute atomic E-state index is 6.43. The van der Waals surface area contributed by atoms with Gasteiger partial charge in [0, 0.05) is 13.0 Å². The standard InChI is InChI=1S/C28H41NO3/c1-3-4-5-6-7-14-19-30-28-26(32-22-24-17-12-9-13-18-24)20-25(27(28)29-2)31-21-23-15-10-8-11-16-23/h8-13,15-18,25-29H,3-7,14,19-22H2,1-2H3/t25-,26+,27+,28+/m1/s1. The lowest BCUT2D eigenvalue weighted by atomic mass is 10.1. The highest BCUT2D eigenvalue weighted by Gasteiger charge is 2.44. The summed E-state index contributed by atoms with van der Waals surface area (Å²) < 4.78 is 19.2. The van der Waals surface area contributed by atoms with Crippen LogP contribution in [0.5, 0.6) is 0 Å². The predicted molar refractivity (Wildman–Crippen MR) is 131 cm³/mol. The lowest BCUT2D eigenvalue weighted by Crippen LogP contribution is -2.45. The van der Waals surface area contributed by atoms with Crippen molar-refractivity contribution in [2.24, 2.45) is 0 Å². The Bertz CT molecular complexity index is 724. The van der Waals surface area contributed by atoms with E-state index in [4.69, 9.17) is 14.2 Å². The number of nitrogens with one attached hydrogen (secondary N) is 1. The lowest BCUT2D eigenvalue weighted by Gasteiger charge is -2.27. The highest BCUT2D eigenvalue weighted by atomic mass is 16.6. The maximum atomic E-state index is 6.43. The molecule has 2 aromatic carbocycles. The molecule has 4 nitrogen and oxygen atoms in total. The number of hydrogen-bond donors (Lipinski definition) is 1. The zero-order valence-corrected chi connectivity index (χ0v) is 19.9. The second-order valence-corrected chi connectivity index (χ2v) is 8.82. The van der Waals surface area contributed by atoms with Crippen LogP contribution < -0.4 is 5.32 Å². The SMILES string of the molecule is CCCCCCCCO[C@@H]1[C@@H](NC)[C@H](OCc2ccccc2)C[C@@H]1OCc1ccccc1. The topological polar surface area (TPSA) is 39.7 Å². The van der Waals surface area contributed by atoms with Crippen molar-refractivity contribution in [1.29, 1.82) is 0 Å². The van der Waals surface area contributed by atoms with Gasteiger partial charge in [-0.05, 0) is 24.6 Å². The molecule has 1 saturated carbocycles. The fourth-order valence-electron chi connectivity index (χ4n) is 4.51. The first-order valence-corrected chi connectivity index (χ1v) is 12.4. The molecule has 32 heavy (non-hydrogen) atoms. The average Bonchev–Trinajstić information content (AvgIpc) is 3.18. The van der Waals surface area contributed by atoms with Crippen molar-refractivity contribution in [3.8, 4) is 0 Å². The summed E-state index contributed by atoms with van der Waals surface area (Å²) in [6.07, 6.45) is 8.52. The zero-order chi connectivity index (χ0) is 22.4. The summed E-state index contributed by atoms with van der Waals surface area (Å²) in [5.41, 5.74) is 2.39. The Morgan fingerprint density at radius 3 is 1.88 bits per heavy atom. The van der Waals surface area contributed by atoms with Crippen LogP contribution in [-0.2, 0) is 27.4 Å². The van der Waals surface area contributed by atoms with E-state index in [2.05, 4.69) is 60.8 Å². The van der Waals surface area contributed by atoms with E-state index in [9.17, 15) is 0 Å². The summed E-state index contributed by atoms with van der Waals surface area (Å²) >= 11 is 0. The summed E-state index contributed by atoms with van der Waals surface area (Å²) in [4.78, 5) is 0. The van der Waals surface area contributed by atoms with E-state index in [1.165, 1.54) is 43.2 Å². The lowest BCUT2D eigenvalue weighted by molar-refractivity contribution is -0.0715. The summed E-state index contributed by atoms with van der Waals surface area (Å²) in [6, 6.07) is 20.9. The first-order valence-electron chi connectivity index (χ1n) is 12.4. The summed E-state index contributed by atoms with van der Waals surface area (Å²) in [5, 5.41) is 3.47. The number of rotatable bonds is 15. The molecule has 0 amide bonds. The van der Waals surface area contributed by atoms with E-state index in [1.807, 2.05) is 19.2 Å². The average molecular weight is 440 g/mol. The van der Waals surface area contributed by atoms with Crippen LogP contribution in [0.3, 0.4) is 0 Å². The maximum Gasteiger partial charge on any atom is 0.101 e. The normalized spacial score (nSPS) is 22.9. The fraction of sp³-hybridized carbons (Fsp3) is 0.571. The first kappa shape index (κ1) is 24.9. The highest BCUT2D eigenvalue weighted by molar-refractivity contribution is 5.14. The summed E-state index contributed by atoms with van der Waals surface area (Å²) in [7, 11) is 2.00. The molecule has 0 unspecified atom stereocenters. The van der Waals surface area contributed by atoms with E-state index < -0.39 is 0 Å². The quantitative estimate of drug-likeness (QED) is 0.351. The van der Waals surface area contributed by atoms with Crippen LogP contribution in [0.1, 0.15) is 63.0 Å². The summed E-state index contributed by atoms with van der Waals surface area (Å²) in [5.74, 6) is 0. The molecule has 1 N–H and O–H groups in total. The minimum Gasteiger partial charge on any atom is -0.374 e. The third-order valence-electron chi connectivity index (χ3n) is 6.34. The van der Waals surface area contributed by atoms with Gasteiger partial charge >= 0.3 is 0 Å². The minimum absolute atomic E-state index is 0.000118. The van der Waals surface area contributed by atoms with Crippen molar-refractivity contribution < 1.29 is 14.2 Å². The van der Waals surface area contributed by atoms with Gasteiger partial charge in [-0.2, -0.15) is 0 Å². The van der Waals surface area contributed by atoms with E-state index in [-0.39, 0.29) is 24.4 Å². The Morgan fingerprint density at radius 2 is 1.28 bits per heavy atom. The van der Waals surface area contributed by atoms with Crippen molar-refractivity contribution >= 4 is 0 Å². The molecule has 0 aromatic heterocycles. The van der Waals surface area contributed by atoms with E-state index in [0.29, 0.717) is 13.2 Å². The molecule has 2 aromatic rings. The summed E-state index contributed by atoms with van der Waals surface area (Å²) in [6.45, 7) is 4.25. The molecule has 0 radical (unpaired) electrons. The minimum atomic E-state index is 0.000118. The molecule has 0 heterocycles. The number of benzene rings is 2. The largest absolute Gasteiger partial charge is 0.374 e. The fourth-order valence-corrected chi connectivity index (χ4v) is 4.51. The van der Waals surface area contributed by atoms with Crippen LogP contribution in [-0.4, -0.2) is 38.0 Å². The van der Waals surface area contributed by atoms with E-state index >= 15 is 0 Å². The third kappa shape index (κ3) is 8.00. The Labute approximate surface area is 194 Å². The van der Waals surface area contributed by atoms with Gasteiger partial charge in [-0.1, -0.05) is 99.7 Å². The molecular weight excluding hydrogens is 398 g/mol. The van der Waals surface area contributed by atoms with Crippen molar-refractivity contribution in [2.45, 2.75) is 89.4 Å². The van der Waals surface area contributed by atoms with Crippen molar-refractivity contribution in [3.63, 3.8) is 0 Å². The van der Waals surface area contributed by atoms with Crippen LogP contribution in [0, 0.1) is 0 Å². The van der Waals surface area contributed by atoms with Crippen LogP contribution in [0.2, 0.25) is 0 Å². The van der Waals surface area contributed by atoms with Gasteiger partial charge in [0.25, 0.3) is 0 Å². The van der Waals surface area contributed by atoms with Crippen molar-refractivity contribution in [3.05, 3.63) is 71.8 Å².